The normalized spacial score (nSPS) is 33.9. The van der Waals surface area contributed by atoms with Gasteiger partial charge in [-0.15, -0.1) is 0 Å². The number of ether oxygens (including phenoxy) is 1. The van der Waals surface area contributed by atoms with Crippen molar-refractivity contribution in [2.24, 2.45) is 11.7 Å². The zero-order valence-corrected chi connectivity index (χ0v) is 20.4. The van der Waals surface area contributed by atoms with E-state index >= 15 is 0 Å². The average molecular weight is 525 g/mol. The van der Waals surface area contributed by atoms with E-state index in [1.165, 1.54) is 28.1 Å². The molecule has 3 aliphatic carbocycles. The number of ketones is 2. The minimum Gasteiger partial charge on any atom is -0.508 e. The van der Waals surface area contributed by atoms with Gasteiger partial charge in [-0.05, 0) is 27.4 Å². The SMILES string of the molecule is COc1cc(O)c2c(c1Cl)[C@@](C)(O)[C@H]1C[C@@]3(O)[C@H](N(C)C)C(=O)C(C(N)=O)=C(O)[C@@]3(O)C(=O)C1=C2O. The molecule has 1 saturated carbocycles. The molecule has 5 atom stereocenters. The molecule has 4 rings (SSSR count). The Labute approximate surface area is 209 Å². The van der Waals surface area contributed by atoms with E-state index < -0.39 is 86.6 Å². The van der Waals surface area contributed by atoms with Gasteiger partial charge in [-0.1, -0.05) is 11.6 Å². The number of nitrogens with zero attached hydrogens (tertiary/aromatic N) is 1. The molecule has 8 N–H and O–H groups in total. The Morgan fingerprint density at radius 2 is 1.78 bits per heavy atom. The third-order valence-corrected chi connectivity index (χ3v) is 7.83. The first kappa shape index (κ1) is 25.9. The summed E-state index contributed by atoms with van der Waals surface area (Å²) in [7, 11) is 3.89. The van der Waals surface area contributed by atoms with Gasteiger partial charge in [0.25, 0.3) is 5.91 Å². The summed E-state index contributed by atoms with van der Waals surface area (Å²) in [6.45, 7) is 1.20. The van der Waals surface area contributed by atoms with Crippen molar-refractivity contribution in [3.63, 3.8) is 0 Å². The molecule has 36 heavy (non-hydrogen) atoms. The number of phenolic OH excluding ortho intramolecular Hbond substituents is 1. The van der Waals surface area contributed by atoms with Crippen LogP contribution in [0.4, 0.5) is 0 Å². The quantitative estimate of drug-likeness (QED) is 0.248. The molecule has 0 saturated heterocycles. The lowest BCUT2D eigenvalue weighted by Gasteiger charge is -2.57. The number of fused-ring (bicyclic) bond motifs is 3. The maximum atomic E-state index is 13.8. The summed E-state index contributed by atoms with van der Waals surface area (Å²) in [6, 6.07) is -0.740. The molecule has 0 aromatic heterocycles. The standard InChI is InChI=1S/C23H25ClN2O10/c1-21(33)7-6-22(34)17(26(2)3)16(29)12(20(25)32)19(31)23(22,35)18(30)10(7)15(28)11-8(27)5-9(36-4)14(24)13(11)21/h5,7,17,27-28,31,33-35H,6H2,1-4H3,(H2,25,32)/t7-,17+,21-,22+,23-/m0/s1. The molecule has 13 heteroatoms. The Balaban J connectivity index is 2.13. The highest BCUT2D eigenvalue weighted by Gasteiger charge is 2.74. The number of carbonyl (C=O) groups excluding carboxylic acids is 3. The first-order chi connectivity index (χ1) is 16.5. The minimum atomic E-state index is -3.32. The zero-order chi connectivity index (χ0) is 27.3. The molecule has 0 aliphatic heterocycles. The van der Waals surface area contributed by atoms with Crippen LogP contribution < -0.4 is 10.5 Å². The summed E-state index contributed by atoms with van der Waals surface area (Å²) in [5.74, 6) is -8.69. The highest BCUT2D eigenvalue weighted by atomic mass is 35.5. The maximum absolute atomic E-state index is 13.8. The third-order valence-electron chi connectivity index (χ3n) is 7.46. The monoisotopic (exact) mass is 524 g/mol. The molecule has 0 radical (unpaired) electrons. The predicted octanol–water partition coefficient (Wildman–Crippen LogP) is -0.594. The van der Waals surface area contributed by atoms with Crippen LogP contribution in [0.1, 0.15) is 24.5 Å². The van der Waals surface area contributed by atoms with E-state index in [0.29, 0.717) is 0 Å². The second-order valence-corrected chi connectivity index (χ2v) is 9.99. The molecule has 3 aliphatic rings. The van der Waals surface area contributed by atoms with Crippen LogP contribution in [-0.2, 0) is 20.0 Å². The molecule has 194 valence electrons. The third kappa shape index (κ3) is 2.81. The lowest BCUT2D eigenvalue weighted by molar-refractivity contribution is -0.210. The minimum absolute atomic E-state index is 0.0625. The van der Waals surface area contributed by atoms with Crippen molar-refractivity contribution in [2.45, 2.75) is 36.2 Å². The van der Waals surface area contributed by atoms with Crippen molar-refractivity contribution in [3.8, 4) is 11.5 Å². The number of halogens is 1. The van der Waals surface area contributed by atoms with Crippen LogP contribution in [0.2, 0.25) is 5.02 Å². The number of Topliss-reactive ketones (excluding diaryl/α,β-unsaturated/α-hetero) is 2. The van der Waals surface area contributed by atoms with E-state index in [1.54, 1.807) is 0 Å². The van der Waals surface area contributed by atoms with Crippen LogP contribution in [0.3, 0.4) is 0 Å². The van der Waals surface area contributed by atoms with Crippen molar-refractivity contribution in [1.29, 1.82) is 0 Å². The second kappa shape index (κ2) is 7.67. The van der Waals surface area contributed by atoms with Crippen molar-refractivity contribution >= 4 is 34.8 Å². The second-order valence-electron chi connectivity index (χ2n) is 9.61. The Morgan fingerprint density at radius 3 is 2.28 bits per heavy atom. The van der Waals surface area contributed by atoms with E-state index in [-0.39, 0.29) is 16.3 Å². The fraction of sp³-hybridized carbons (Fsp3) is 0.435. The summed E-state index contributed by atoms with van der Waals surface area (Å²) in [4.78, 5) is 40.2. The van der Waals surface area contributed by atoms with E-state index in [1.807, 2.05) is 0 Å². The van der Waals surface area contributed by atoms with Crippen LogP contribution in [0.5, 0.6) is 11.5 Å². The first-order valence-electron chi connectivity index (χ1n) is 10.7. The summed E-state index contributed by atoms with van der Waals surface area (Å²) in [6.07, 6.45) is -0.778. The molecular formula is C23H25ClN2O10. The topological polar surface area (TPSA) is 211 Å². The number of amides is 1. The van der Waals surface area contributed by atoms with Gasteiger partial charge in [0.05, 0.1) is 23.3 Å². The number of aromatic hydroxyl groups is 1. The lowest BCUT2D eigenvalue weighted by Crippen LogP contribution is -2.77. The van der Waals surface area contributed by atoms with Crippen molar-refractivity contribution in [1.82, 2.24) is 4.90 Å². The van der Waals surface area contributed by atoms with Crippen LogP contribution in [0.25, 0.3) is 5.76 Å². The highest BCUT2D eigenvalue weighted by molar-refractivity contribution is 6.33. The van der Waals surface area contributed by atoms with Crippen molar-refractivity contribution in [2.75, 3.05) is 21.2 Å². The highest BCUT2D eigenvalue weighted by Crippen LogP contribution is 2.60. The molecule has 0 bridgehead atoms. The smallest absolute Gasteiger partial charge is 0.255 e. The lowest BCUT2D eigenvalue weighted by atomic mass is 9.52. The number of hydrogen-bond acceptors (Lipinski definition) is 11. The Kier molecular flexibility index (Phi) is 5.52. The number of phenols is 1. The molecule has 1 aromatic carbocycles. The van der Waals surface area contributed by atoms with Gasteiger partial charge in [-0.2, -0.15) is 0 Å². The molecule has 1 aromatic rings. The summed E-state index contributed by atoms with van der Waals surface area (Å²) >= 11 is 6.41. The Hall–Kier alpha value is -3.16. The van der Waals surface area contributed by atoms with Gasteiger partial charge in [-0.3, -0.25) is 19.3 Å². The summed E-state index contributed by atoms with van der Waals surface area (Å²) in [5, 5.41) is 67.4. The van der Waals surface area contributed by atoms with Crippen LogP contribution in [-0.4, -0.2) is 91.5 Å². The largest absolute Gasteiger partial charge is 0.508 e. The van der Waals surface area contributed by atoms with Gasteiger partial charge in [0.2, 0.25) is 11.4 Å². The number of nitrogens with two attached hydrogens (primary N) is 1. The average Bonchev–Trinajstić information content (AvgIpc) is 2.75. The van der Waals surface area contributed by atoms with Gasteiger partial charge in [-0.25, -0.2) is 0 Å². The molecule has 0 spiro atoms. The fourth-order valence-electron chi connectivity index (χ4n) is 5.83. The van der Waals surface area contributed by atoms with E-state index in [4.69, 9.17) is 22.1 Å². The zero-order valence-electron chi connectivity index (χ0n) is 19.7. The van der Waals surface area contributed by atoms with Gasteiger partial charge in [0.15, 0.2) is 11.5 Å². The molecule has 0 unspecified atom stereocenters. The van der Waals surface area contributed by atoms with Gasteiger partial charge >= 0.3 is 0 Å². The number of hydrogen-bond donors (Lipinski definition) is 7. The number of aliphatic hydroxyl groups is 5. The number of likely N-dealkylation sites (N-methyl/N-ethyl adjacent to an activating group) is 1. The molecule has 1 amide bonds. The molecule has 1 fully saturated rings. The van der Waals surface area contributed by atoms with Crippen LogP contribution in [0, 0.1) is 5.92 Å². The Bertz CT molecular complexity index is 1320. The van der Waals surface area contributed by atoms with E-state index in [9.17, 15) is 45.0 Å². The van der Waals surface area contributed by atoms with E-state index in [2.05, 4.69) is 0 Å². The summed E-state index contributed by atoms with van der Waals surface area (Å²) in [5.41, 5.74) is -5.49. The van der Waals surface area contributed by atoms with Gasteiger partial charge in [0.1, 0.15) is 34.5 Å². The van der Waals surface area contributed by atoms with Crippen molar-refractivity contribution in [3.05, 3.63) is 39.1 Å². The van der Waals surface area contributed by atoms with E-state index in [0.717, 1.165) is 11.0 Å². The van der Waals surface area contributed by atoms with Crippen LogP contribution in [0.15, 0.2) is 23.0 Å². The summed E-state index contributed by atoms with van der Waals surface area (Å²) < 4.78 is 5.12. The van der Waals surface area contributed by atoms with Crippen LogP contribution >= 0.6 is 11.6 Å². The predicted molar refractivity (Wildman–Crippen MR) is 123 cm³/mol. The first-order valence-corrected chi connectivity index (χ1v) is 11.1. The number of rotatable bonds is 3. The fourth-order valence-corrected chi connectivity index (χ4v) is 6.25. The Morgan fingerprint density at radius 1 is 1.19 bits per heavy atom. The number of primary amides is 1. The maximum Gasteiger partial charge on any atom is 0.255 e. The molecular weight excluding hydrogens is 500 g/mol. The molecule has 12 nitrogen and oxygen atoms in total. The number of carbonyl (C=O) groups is 3. The van der Waals surface area contributed by atoms with Crippen molar-refractivity contribution < 1.29 is 49.8 Å². The number of benzene rings is 1. The van der Waals surface area contributed by atoms with Gasteiger partial charge in [0, 0.05) is 23.1 Å². The van der Waals surface area contributed by atoms with Gasteiger partial charge < -0.3 is 41.1 Å². The molecule has 0 heterocycles. The number of methoxy groups -OCH3 is 1. The number of aliphatic hydroxyl groups excluding tert-OH is 2.